The lowest BCUT2D eigenvalue weighted by molar-refractivity contribution is 0.0952. The third-order valence-corrected chi connectivity index (χ3v) is 4.79. The highest BCUT2D eigenvalue weighted by atomic mass is 79.9. The first-order chi connectivity index (χ1) is 11.2. The van der Waals surface area contributed by atoms with Crippen molar-refractivity contribution in [3.63, 3.8) is 0 Å². The number of rotatable bonds is 6. The number of halogens is 1. The zero-order valence-corrected chi connectivity index (χ0v) is 14.7. The molecule has 3 aromatic rings. The molecule has 0 atom stereocenters. The first kappa shape index (κ1) is 16.0. The van der Waals surface area contributed by atoms with Crippen LogP contribution in [0.1, 0.15) is 16.8 Å². The Hall–Kier alpha value is -1.92. The van der Waals surface area contributed by atoms with Gasteiger partial charge in [0.2, 0.25) is 0 Å². The number of nitrogens with one attached hydrogen (secondary N) is 1. The van der Waals surface area contributed by atoms with Gasteiger partial charge in [-0.3, -0.25) is 9.78 Å². The summed E-state index contributed by atoms with van der Waals surface area (Å²) in [5, 5.41) is 5.77. The number of thiophene rings is 1. The van der Waals surface area contributed by atoms with E-state index >= 15 is 0 Å². The SMILES string of the molecule is O=C(NCCCOc1cccc2cccnc12)c1csc(Br)c1. The molecule has 0 bridgehead atoms. The van der Waals surface area contributed by atoms with Gasteiger partial charge < -0.3 is 10.1 Å². The largest absolute Gasteiger partial charge is 0.491 e. The molecule has 0 spiro atoms. The molecule has 0 aliphatic heterocycles. The summed E-state index contributed by atoms with van der Waals surface area (Å²) in [6.45, 7) is 1.10. The molecule has 6 heteroatoms. The van der Waals surface area contributed by atoms with Gasteiger partial charge in [0.05, 0.1) is 16.0 Å². The van der Waals surface area contributed by atoms with Gasteiger partial charge in [-0.25, -0.2) is 0 Å². The summed E-state index contributed by atoms with van der Waals surface area (Å²) < 4.78 is 6.74. The van der Waals surface area contributed by atoms with Gasteiger partial charge in [-0.2, -0.15) is 0 Å². The Morgan fingerprint density at radius 1 is 1.30 bits per heavy atom. The highest BCUT2D eigenvalue weighted by Crippen LogP contribution is 2.23. The van der Waals surface area contributed by atoms with E-state index in [-0.39, 0.29) is 5.91 Å². The third kappa shape index (κ3) is 4.09. The van der Waals surface area contributed by atoms with Gasteiger partial charge in [-0.15, -0.1) is 11.3 Å². The number of benzene rings is 1. The Kier molecular flexibility index (Phi) is 5.25. The normalized spacial score (nSPS) is 10.7. The molecule has 1 aromatic carbocycles. The van der Waals surface area contributed by atoms with Crippen LogP contribution in [0.15, 0.2) is 51.8 Å². The number of fused-ring (bicyclic) bond motifs is 1. The van der Waals surface area contributed by atoms with E-state index in [0.717, 1.165) is 26.9 Å². The standard InChI is InChI=1S/C17H15BrN2O2S/c18-15-10-13(11-23-15)17(21)20-8-3-9-22-14-6-1-4-12-5-2-7-19-16(12)14/h1-2,4-7,10-11H,3,8-9H2,(H,20,21). The molecule has 0 saturated carbocycles. The number of hydrogen-bond acceptors (Lipinski definition) is 4. The third-order valence-electron chi connectivity index (χ3n) is 3.29. The van der Waals surface area contributed by atoms with E-state index in [1.165, 1.54) is 11.3 Å². The Bertz CT molecular complexity index is 814. The molecule has 1 amide bonds. The van der Waals surface area contributed by atoms with Crippen LogP contribution in [0.3, 0.4) is 0 Å². The zero-order valence-electron chi connectivity index (χ0n) is 12.3. The van der Waals surface area contributed by atoms with Crippen molar-refractivity contribution in [2.75, 3.05) is 13.2 Å². The predicted octanol–water partition coefficient (Wildman–Crippen LogP) is 4.26. The summed E-state index contributed by atoms with van der Waals surface area (Å²) >= 11 is 4.85. The van der Waals surface area contributed by atoms with Crippen molar-refractivity contribution in [2.45, 2.75) is 6.42 Å². The molecule has 118 valence electrons. The molecule has 0 aliphatic carbocycles. The number of amides is 1. The molecule has 2 heterocycles. The number of ether oxygens (including phenoxy) is 1. The van der Waals surface area contributed by atoms with Crippen LogP contribution < -0.4 is 10.1 Å². The van der Waals surface area contributed by atoms with E-state index in [2.05, 4.69) is 26.2 Å². The molecule has 0 saturated heterocycles. The summed E-state index contributed by atoms with van der Waals surface area (Å²) in [5.74, 6) is 0.718. The maximum atomic E-state index is 11.9. The number of pyridine rings is 1. The fourth-order valence-corrected chi connectivity index (χ4v) is 3.32. The van der Waals surface area contributed by atoms with Crippen molar-refractivity contribution in [3.8, 4) is 5.75 Å². The van der Waals surface area contributed by atoms with Crippen molar-refractivity contribution < 1.29 is 9.53 Å². The number of carbonyl (C=O) groups excluding carboxylic acids is 1. The maximum absolute atomic E-state index is 11.9. The van der Waals surface area contributed by atoms with Gasteiger partial charge in [-0.05, 0) is 40.5 Å². The minimum Gasteiger partial charge on any atom is -0.491 e. The Morgan fingerprint density at radius 3 is 3.00 bits per heavy atom. The Labute approximate surface area is 146 Å². The van der Waals surface area contributed by atoms with Crippen molar-refractivity contribution in [2.24, 2.45) is 0 Å². The Morgan fingerprint density at radius 2 is 2.17 bits per heavy atom. The lowest BCUT2D eigenvalue weighted by atomic mass is 10.2. The second-order valence-corrected chi connectivity index (χ2v) is 7.22. The minimum absolute atomic E-state index is 0.0567. The number of nitrogens with zero attached hydrogens (tertiary/aromatic N) is 1. The number of carbonyl (C=O) groups is 1. The summed E-state index contributed by atoms with van der Waals surface area (Å²) in [6.07, 6.45) is 2.49. The van der Waals surface area contributed by atoms with Crippen LogP contribution >= 0.6 is 27.3 Å². The lowest BCUT2D eigenvalue weighted by Gasteiger charge is -2.09. The van der Waals surface area contributed by atoms with Crippen molar-refractivity contribution >= 4 is 44.1 Å². The van der Waals surface area contributed by atoms with Crippen LogP contribution in [-0.2, 0) is 0 Å². The smallest absolute Gasteiger partial charge is 0.252 e. The number of para-hydroxylation sites is 1. The van der Waals surface area contributed by atoms with Crippen molar-refractivity contribution in [1.82, 2.24) is 10.3 Å². The average molecular weight is 391 g/mol. The predicted molar refractivity (Wildman–Crippen MR) is 96.2 cm³/mol. The topological polar surface area (TPSA) is 51.2 Å². The van der Waals surface area contributed by atoms with Crippen LogP contribution in [0.4, 0.5) is 0 Å². The molecule has 0 unspecified atom stereocenters. The van der Waals surface area contributed by atoms with Crippen LogP contribution in [-0.4, -0.2) is 24.0 Å². The summed E-state index contributed by atoms with van der Waals surface area (Å²) in [4.78, 5) is 16.2. The van der Waals surface area contributed by atoms with E-state index in [0.29, 0.717) is 18.7 Å². The van der Waals surface area contributed by atoms with E-state index in [4.69, 9.17) is 4.74 Å². The highest BCUT2D eigenvalue weighted by molar-refractivity contribution is 9.11. The molecule has 4 nitrogen and oxygen atoms in total. The first-order valence-electron chi connectivity index (χ1n) is 7.23. The molecule has 1 N–H and O–H groups in total. The quantitative estimate of drug-likeness (QED) is 0.639. The van der Waals surface area contributed by atoms with Gasteiger partial charge in [0.15, 0.2) is 0 Å². The zero-order chi connectivity index (χ0) is 16.1. The summed E-state index contributed by atoms with van der Waals surface area (Å²) in [5.41, 5.74) is 1.54. The lowest BCUT2D eigenvalue weighted by Crippen LogP contribution is -2.25. The molecule has 23 heavy (non-hydrogen) atoms. The Balaban J connectivity index is 1.47. The molecule has 0 aliphatic rings. The van der Waals surface area contributed by atoms with Gasteiger partial charge in [0.1, 0.15) is 11.3 Å². The number of aromatic nitrogens is 1. The molecule has 2 aromatic heterocycles. The van der Waals surface area contributed by atoms with Gasteiger partial charge in [0, 0.05) is 23.5 Å². The second-order valence-electron chi connectivity index (χ2n) is 4.93. The minimum atomic E-state index is -0.0567. The fraction of sp³-hybridized carbons (Fsp3) is 0.176. The van der Waals surface area contributed by atoms with E-state index in [9.17, 15) is 4.79 Å². The van der Waals surface area contributed by atoms with Crippen LogP contribution in [0.25, 0.3) is 10.9 Å². The maximum Gasteiger partial charge on any atom is 0.252 e. The molecule has 0 radical (unpaired) electrons. The molecule has 0 fully saturated rings. The van der Waals surface area contributed by atoms with E-state index in [1.54, 1.807) is 6.20 Å². The van der Waals surface area contributed by atoms with Crippen LogP contribution in [0.5, 0.6) is 5.75 Å². The van der Waals surface area contributed by atoms with Gasteiger partial charge in [0.25, 0.3) is 5.91 Å². The monoisotopic (exact) mass is 390 g/mol. The molecular weight excluding hydrogens is 376 g/mol. The van der Waals surface area contributed by atoms with Gasteiger partial charge in [-0.1, -0.05) is 18.2 Å². The first-order valence-corrected chi connectivity index (χ1v) is 8.90. The average Bonchev–Trinajstić information content (AvgIpc) is 3.01. The van der Waals surface area contributed by atoms with Gasteiger partial charge >= 0.3 is 0 Å². The fourth-order valence-electron chi connectivity index (χ4n) is 2.18. The highest BCUT2D eigenvalue weighted by Gasteiger charge is 2.07. The van der Waals surface area contributed by atoms with Crippen molar-refractivity contribution in [3.05, 3.63) is 57.3 Å². The number of hydrogen-bond donors (Lipinski definition) is 1. The second kappa shape index (κ2) is 7.57. The van der Waals surface area contributed by atoms with E-state index in [1.807, 2.05) is 41.8 Å². The van der Waals surface area contributed by atoms with Crippen LogP contribution in [0.2, 0.25) is 0 Å². The van der Waals surface area contributed by atoms with E-state index < -0.39 is 0 Å². The molecular formula is C17H15BrN2O2S. The summed E-state index contributed by atoms with van der Waals surface area (Å²) in [7, 11) is 0. The molecule has 3 rings (SSSR count). The summed E-state index contributed by atoms with van der Waals surface area (Å²) in [6, 6.07) is 11.6. The van der Waals surface area contributed by atoms with Crippen LogP contribution in [0, 0.1) is 0 Å². The van der Waals surface area contributed by atoms with Crippen molar-refractivity contribution in [1.29, 1.82) is 0 Å².